The van der Waals surface area contributed by atoms with Crippen molar-refractivity contribution in [2.45, 2.75) is 33.1 Å². The van der Waals surface area contributed by atoms with Crippen molar-refractivity contribution < 1.29 is 0 Å². The van der Waals surface area contributed by atoms with Crippen LogP contribution in [0.5, 0.6) is 0 Å². The van der Waals surface area contributed by atoms with E-state index in [-0.39, 0.29) is 0 Å². The number of benzene rings is 2. The molecule has 3 heteroatoms. The highest BCUT2D eigenvalue weighted by molar-refractivity contribution is 6.35. The third kappa shape index (κ3) is 3.15. The summed E-state index contributed by atoms with van der Waals surface area (Å²) in [6.45, 7) is 5.03. The minimum absolute atomic E-state index is 0.738. The second kappa shape index (κ2) is 6.77. The van der Waals surface area contributed by atoms with Crippen molar-refractivity contribution in [1.82, 2.24) is 4.98 Å². The lowest BCUT2D eigenvalue weighted by Crippen LogP contribution is -1.99. The topological polar surface area (TPSA) is 41.8 Å². The van der Waals surface area contributed by atoms with Gasteiger partial charge in [0, 0.05) is 16.6 Å². The normalized spacial score (nSPS) is 11.3. The van der Waals surface area contributed by atoms with Crippen molar-refractivity contribution in [3.8, 4) is 11.3 Å². The molecule has 0 saturated carbocycles. The molecule has 120 valence electrons. The van der Waals surface area contributed by atoms with E-state index < -0.39 is 0 Å². The van der Waals surface area contributed by atoms with Gasteiger partial charge in [0.15, 0.2) is 0 Å². The molecule has 1 heterocycles. The molecule has 2 nitrogen and oxygen atoms in total. The molecule has 2 aromatic carbocycles. The Morgan fingerprint density at radius 1 is 1.09 bits per heavy atom. The summed E-state index contributed by atoms with van der Waals surface area (Å²) in [5, 5.41) is 2.00. The number of para-hydroxylation sites is 1. The van der Waals surface area contributed by atoms with Crippen LogP contribution in [-0.4, -0.2) is 11.5 Å². The first kappa shape index (κ1) is 16.1. The predicted molar refractivity (Wildman–Crippen MR) is 100 cm³/mol. The van der Waals surface area contributed by atoms with Crippen molar-refractivity contribution in [3.05, 3.63) is 58.1 Å². The SMILES string of the molecule is Cc1ccc(-c2[nH]c3c(Cl)cccc3c2CCCCN)c(C)c1. The van der Waals surface area contributed by atoms with E-state index in [0.717, 1.165) is 36.3 Å². The van der Waals surface area contributed by atoms with Crippen molar-refractivity contribution in [2.75, 3.05) is 6.54 Å². The van der Waals surface area contributed by atoms with E-state index in [0.29, 0.717) is 0 Å². The summed E-state index contributed by atoms with van der Waals surface area (Å²) in [6.07, 6.45) is 3.15. The highest BCUT2D eigenvalue weighted by atomic mass is 35.5. The van der Waals surface area contributed by atoms with Crippen LogP contribution in [0.4, 0.5) is 0 Å². The van der Waals surface area contributed by atoms with Crippen molar-refractivity contribution >= 4 is 22.5 Å². The zero-order chi connectivity index (χ0) is 16.4. The van der Waals surface area contributed by atoms with Gasteiger partial charge in [-0.3, -0.25) is 0 Å². The van der Waals surface area contributed by atoms with Gasteiger partial charge in [0.25, 0.3) is 0 Å². The second-order valence-electron chi connectivity index (χ2n) is 6.21. The molecule has 3 N–H and O–H groups in total. The highest BCUT2D eigenvalue weighted by Crippen LogP contribution is 2.36. The van der Waals surface area contributed by atoms with Gasteiger partial charge in [-0.25, -0.2) is 0 Å². The summed E-state index contributed by atoms with van der Waals surface area (Å²) >= 11 is 6.40. The number of aromatic nitrogens is 1. The Kier molecular flexibility index (Phi) is 4.74. The maximum Gasteiger partial charge on any atom is 0.0651 e. The van der Waals surface area contributed by atoms with Gasteiger partial charge in [-0.1, -0.05) is 47.5 Å². The molecule has 0 radical (unpaired) electrons. The number of hydrogen-bond acceptors (Lipinski definition) is 1. The number of aryl methyl sites for hydroxylation is 3. The van der Waals surface area contributed by atoms with Crippen LogP contribution in [0.2, 0.25) is 5.02 Å². The van der Waals surface area contributed by atoms with E-state index in [2.05, 4.69) is 43.1 Å². The highest BCUT2D eigenvalue weighted by Gasteiger charge is 2.15. The van der Waals surface area contributed by atoms with Gasteiger partial charge in [-0.05, 0) is 56.8 Å². The van der Waals surface area contributed by atoms with E-state index in [1.807, 2.05) is 12.1 Å². The number of aromatic amines is 1. The summed E-state index contributed by atoms with van der Waals surface area (Å²) in [4.78, 5) is 3.57. The molecule has 1 aromatic heterocycles. The Morgan fingerprint density at radius 3 is 2.65 bits per heavy atom. The molecular formula is C20H23ClN2. The third-order valence-corrected chi connectivity index (χ3v) is 4.74. The van der Waals surface area contributed by atoms with Gasteiger partial charge in [0.2, 0.25) is 0 Å². The second-order valence-corrected chi connectivity index (χ2v) is 6.61. The summed E-state index contributed by atoms with van der Waals surface area (Å²) in [7, 11) is 0. The predicted octanol–water partition coefficient (Wildman–Crippen LogP) is 5.39. The van der Waals surface area contributed by atoms with Crippen molar-refractivity contribution in [3.63, 3.8) is 0 Å². The smallest absolute Gasteiger partial charge is 0.0651 e. The fraction of sp³-hybridized carbons (Fsp3) is 0.300. The fourth-order valence-electron chi connectivity index (χ4n) is 3.27. The van der Waals surface area contributed by atoms with Crippen molar-refractivity contribution in [2.24, 2.45) is 5.73 Å². The molecule has 0 bridgehead atoms. The molecule has 0 amide bonds. The lowest BCUT2D eigenvalue weighted by atomic mass is 9.97. The maximum absolute atomic E-state index is 6.40. The monoisotopic (exact) mass is 326 g/mol. The van der Waals surface area contributed by atoms with Crippen LogP contribution >= 0.6 is 11.6 Å². The summed E-state index contributed by atoms with van der Waals surface area (Å²) in [5.74, 6) is 0. The van der Waals surface area contributed by atoms with E-state index in [4.69, 9.17) is 17.3 Å². The van der Waals surface area contributed by atoms with Crippen LogP contribution in [0.3, 0.4) is 0 Å². The lowest BCUT2D eigenvalue weighted by molar-refractivity contribution is 0.748. The Morgan fingerprint density at radius 2 is 1.91 bits per heavy atom. The quantitative estimate of drug-likeness (QED) is 0.607. The van der Waals surface area contributed by atoms with E-state index in [1.54, 1.807) is 0 Å². The molecule has 0 aliphatic heterocycles. The van der Waals surface area contributed by atoms with Gasteiger partial charge in [0.1, 0.15) is 0 Å². The molecule has 3 aromatic rings. The molecular weight excluding hydrogens is 304 g/mol. The summed E-state index contributed by atoms with van der Waals surface area (Å²) in [6, 6.07) is 12.7. The van der Waals surface area contributed by atoms with Crippen LogP contribution in [0, 0.1) is 13.8 Å². The molecule has 0 unspecified atom stereocenters. The molecule has 3 rings (SSSR count). The number of rotatable bonds is 5. The van der Waals surface area contributed by atoms with Crippen LogP contribution in [-0.2, 0) is 6.42 Å². The van der Waals surface area contributed by atoms with Crippen LogP contribution in [0.25, 0.3) is 22.2 Å². The zero-order valence-electron chi connectivity index (χ0n) is 13.7. The molecule has 23 heavy (non-hydrogen) atoms. The standard InChI is InChI=1S/C20H23ClN2/c1-13-9-10-15(14(2)12-13)19-16(6-3-4-11-22)17-7-5-8-18(21)20(17)23-19/h5,7-10,12,23H,3-4,6,11,22H2,1-2H3. The number of nitrogens with two attached hydrogens (primary N) is 1. The first-order chi connectivity index (χ1) is 11.1. The average Bonchev–Trinajstić information content (AvgIpc) is 2.88. The molecule has 0 atom stereocenters. The van der Waals surface area contributed by atoms with Gasteiger partial charge in [0.05, 0.1) is 10.5 Å². The maximum atomic E-state index is 6.40. The van der Waals surface area contributed by atoms with Gasteiger partial charge >= 0.3 is 0 Å². The minimum atomic E-state index is 0.738. The first-order valence-corrected chi connectivity index (χ1v) is 8.56. The number of hydrogen-bond donors (Lipinski definition) is 2. The number of H-pyrrole nitrogens is 1. The van der Waals surface area contributed by atoms with Gasteiger partial charge < -0.3 is 10.7 Å². The largest absolute Gasteiger partial charge is 0.353 e. The molecule has 0 fully saturated rings. The number of unbranched alkanes of at least 4 members (excludes halogenated alkanes) is 1. The molecule has 0 aliphatic carbocycles. The lowest BCUT2D eigenvalue weighted by Gasteiger charge is -2.09. The van der Waals surface area contributed by atoms with E-state index in [1.165, 1.54) is 33.3 Å². The van der Waals surface area contributed by atoms with Crippen molar-refractivity contribution in [1.29, 1.82) is 0 Å². The molecule has 0 spiro atoms. The number of fused-ring (bicyclic) bond motifs is 1. The Balaban J connectivity index is 2.17. The summed E-state index contributed by atoms with van der Waals surface area (Å²) in [5.41, 5.74) is 13.1. The molecule has 0 saturated heterocycles. The van der Waals surface area contributed by atoms with Gasteiger partial charge in [-0.2, -0.15) is 0 Å². The number of nitrogens with one attached hydrogen (secondary N) is 1. The Labute approximate surface area is 142 Å². The molecule has 0 aliphatic rings. The Hall–Kier alpha value is -1.77. The van der Waals surface area contributed by atoms with Gasteiger partial charge in [-0.15, -0.1) is 0 Å². The number of halogens is 1. The average molecular weight is 327 g/mol. The van der Waals surface area contributed by atoms with E-state index >= 15 is 0 Å². The van der Waals surface area contributed by atoms with Crippen LogP contribution in [0.15, 0.2) is 36.4 Å². The Bertz CT molecular complexity index is 833. The first-order valence-electron chi connectivity index (χ1n) is 8.18. The minimum Gasteiger partial charge on any atom is -0.353 e. The van der Waals surface area contributed by atoms with Crippen LogP contribution in [0.1, 0.15) is 29.5 Å². The van der Waals surface area contributed by atoms with E-state index in [9.17, 15) is 0 Å². The zero-order valence-corrected chi connectivity index (χ0v) is 14.5. The fourth-order valence-corrected chi connectivity index (χ4v) is 3.49. The third-order valence-electron chi connectivity index (χ3n) is 4.42. The summed E-state index contributed by atoms with van der Waals surface area (Å²) < 4.78 is 0. The van der Waals surface area contributed by atoms with Crippen LogP contribution < -0.4 is 5.73 Å².